The number of nitrogens with one attached hydrogen (secondary N) is 1. The molecule has 0 aromatic carbocycles. The van der Waals surface area contributed by atoms with Crippen LogP contribution in [0.2, 0.25) is 0 Å². The van der Waals surface area contributed by atoms with Gasteiger partial charge in [0.05, 0.1) is 11.5 Å². The molecule has 2 atom stereocenters. The number of anilines is 1. The van der Waals surface area contributed by atoms with Gasteiger partial charge in [-0.05, 0) is 31.4 Å². The predicted octanol–water partition coefficient (Wildman–Crippen LogP) is 2.77. The highest BCUT2D eigenvalue weighted by molar-refractivity contribution is 5.70. The molecule has 4 nitrogen and oxygen atoms in total. The number of pyridine rings is 1. The van der Waals surface area contributed by atoms with Gasteiger partial charge in [0.15, 0.2) is 0 Å². The molecule has 0 radical (unpaired) electrons. The topological polar surface area (TPSA) is 62.2 Å². The van der Waals surface area contributed by atoms with Crippen LogP contribution in [0.15, 0.2) is 18.3 Å². The van der Waals surface area contributed by atoms with E-state index < -0.39 is 17.7 Å². The Hall–Kier alpha value is -1.79. The highest BCUT2D eigenvalue weighted by Crippen LogP contribution is 2.30. The van der Waals surface area contributed by atoms with E-state index in [9.17, 15) is 18.0 Å². The van der Waals surface area contributed by atoms with Crippen molar-refractivity contribution >= 4 is 11.8 Å². The van der Waals surface area contributed by atoms with Crippen LogP contribution in [0.25, 0.3) is 0 Å². The molecular weight excluding hydrogens is 261 g/mol. The summed E-state index contributed by atoms with van der Waals surface area (Å²) in [6.07, 6.45) is -1.90. The highest BCUT2D eigenvalue weighted by atomic mass is 19.4. The number of aliphatic carboxylic acids is 1. The summed E-state index contributed by atoms with van der Waals surface area (Å²) in [5, 5.41) is 11.8. The zero-order chi connectivity index (χ0) is 14.0. The average molecular weight is 274 g/mol. The smallest absolute Gasteiger partial charge is 0.417 e. The van der Waals surface area contributed by atoms with Crippen LogP contribution in [0.4, 0.5) is 19.0 Å². The van der Waals surface area contributed by atoms with E-state index in [-0.39, 0.29) is 12.0 Å². The molecule has 1 aliphatic carbocycles. The fraction of sp³-hybridized carbons (Fsp3) is 0.500. The Kier molecular flexibility index (Phi) is 3.64. The Labute approximate surface area is 107 Å². The number of halogens is 3. The molecule has 2 rings (SSSR count). The van der Waals surface area contributed by atoms with Crippen molar-refractivity contribution in [1.82, 2.24) is 4.98 Å². The van der Waals surface area contributed by atoms with E-state index in [4.69, 9.17) is 5.11 Å². The molecule has 1 saturated carbocycles. The van der Waals surface area contributed by atoms with Gasteiger partial charge in [0.1, 0.15) is 5.82 Å². The highest BCUT2D eigenvalue weighted by Gasteiger charge is 2.32. The minimum atomic E-state index is -4.40. The summed E-state index contributed by atoms with van der Waals surface area (Å²) in [6, 6.07) is 2.17. The van der Waals surface area contributed by atoms with Crippen molar-refractivity contribution in [3.05, 3.63) is 23.9 Å². The lowest BCUT2D eigenvalue weighted by Crippen LogP contribution is -2.18. The van der Waals surface area contributed by atoms with Crippen LogP contribution in [0.5, 0.6) is 0 Å². The standard InChI is InChI=1S/C12H13F3N2O2/c13-12(14,15)8-2-4-10(16-6-8)17-9-3-1-7(5-9)11(18)19/h2,4,6-7,9H,1,3,5H2,(H,16,17)(H,18,19)/t7-,9+/m1/s1. The van der Waals surface area contributed by atoms with Crippen LogP contribution < -0.4 is 5.32 Å². The number of carboxylic acids is 1. The predicted molar refractivity (Wildman–Crippen MR) is 61.6 cm³/mol. The molecule has 104 valence electrons. The van der Waals surface area contributed by atoms with Crippen LogP contribution in [-0.2, 0) is 11.0 Å². The molecule has 2 N–H and O–H groups in total. The second-order valence-corrected chi connectivity index (χ2v) is 4.62. The lowest BCUT2D eigenvalue weighted by Gasteiger charge is -2.13. The second-order valence-electron chi connectivity index (χ2n) is 4.62. The monoisotopic (exact) mass is 274 g/mol. The molecule has 7 heteroatoms. The lowest BCUT2D eigenvalue weighted by atomic mass is 10.1. The third-order valence-electron chi connectivity index (χ3n) is 3.22. The van der Waals surface area contributed by atoms with Gasteiger partial charge < -0.3 is 10.4 Å². The van der Waals surface area contributed by atoms with E-state index in [1.54, 1.807) is 0 Å². The minimum absolute atomic E-state index is 0.0506. The van der Waals surface area contributed by atoms with Crippen LogP contribution in [-0.4, -0.2) is 22.1 Å². The summed E-state index contributed by atoms with van der Waals surface area (Å²) < 4.78 is 37.0. The van der Waals surface area contributed by atoms with Crippen molar-refractivity contribution in [2.45, 2.75) is 31.5 Å². The normalized spacial score (nSPS) is 23.3. The molecule has 0 amide bonds. The number of alkyl halides is 3. The molecule has 1 aliphatic rings. The van der Waals surface area contributed by atoms with E-state index in [0.29, 0.717) is 25.1 Å². The van der Waals surface area contributed by atoms with Crippen LogP contribution >= 0.6 is 0 Å². The Balaban J connectivity index is 1.96. The number of hydrogen-bond donors (Lipinski definition) is 2. The van der Waals surface area contributed by atoms with E-state index in [1.165, 1.54) is 6.07 Å². The van der Waals surface area contributed by atoms with Gasteiger partial charge in [-0.15, -0.1) is 0 Å². The molecule has 0 bridgehead atoms. The van der Waals surface area contributed by atoms with Crippen molar-refractivity contribution < 1.29 is 23.1 Å². The maximum atomic E-state index is 12.3. The number of carbonyl (C=O) groups is 1. The van der Waals surface area contributed by atoms with Crippen molar-refractivity contribution in [3.8, 4) is 0 Å². The molecule has 1 aromatic rings. The quantitative estimate of drug-likeness (QED) is 0.889. The maximum absolute atomic E-state index is 12.3. The summed E-state index contributed by atoms with van der Waals surface area (Å²) in [7, 11) is 0. The first-order valence-electron chi connectivity index (χ1n) is 5.89. The molecule has 0 unspecified atom stereocenters. The number of rotatable bonds is 3. The van der Waals surface area contributed by atoms with Crippen LogP contribution in [0.1, 0.15) is 24.8 Å². The Morgan fingerprint density at radius 3 is 2.58 bits per heavy atom. The molecule has 1 fully saturated rings. The molecule has 0 spiro atoms. The fourth-order valence-electron chi connectivity index (χ4n) is 2.19. The number of aromatic nitrogens is 1. The van der Waals surface area contributed by atoms with Gasteiger partial charge in [0.25, 0.3) is 0 Å². The second kappa shape index (κ2) is 5.07. The van der Waals surface area contributed by atoms with Gasteiger partial charge in [-0.3, -0.25) is 4.79 Å². The van der Waals surface area contributed by atoms with Gasteiger partial charge in [0.2, 0.25) is 0 Å². The van der Waals surface area contributed by atoms with E-state index in [1.807, 2.05) is 0 Å². The summed E-state index contributed by atoms with van der Waals surface area (Å²) in [5.74, 6) is -0.874. The number of carboxylic acid groups (broad SMARTS) is 1. The summed E-state index contributed by atoms with van der Waals surface area (Å²) in [6.45, 7) is 0. The van der Waals surface area contributed by atoms with Crippen molar-refractivity contribution in [2.24, 2.45) is 5.92 Å². The molecule has 19 heavy (non-hydrogen) atoms. The fourth-order valence-corrected chi connectivity index (χ4v) is 2.19. The van der Waals surface area contributed by atoms with Crippen molar-refractivity contribution in [2.75, 3.05) is 5.32 Å². The van der Waals surface area contributed by atoms with Crippen LogP contribution in [0, 0.1) is 5.92 Å². The van der Waals surface area contributed by atoms with Crippen molar-refractivity contribution in [1.29, 1.82) is 0 Å². The zero-order valence-electron chi connectivity index (χ0n) is 9.94. The summed E-state index contributed by atoms with van der Waals surface area (Å²) in [5.41, 5.74) is -0.798. The first-order valence-corrected chi connectivity index (χ1v) is 5.89. The summed E-state index contributed by atoms with van der Waals surface area (Å²) in [4.78, 5) is 14.5. The Morgan fingerprint density at radius 1 is 1.37 bits per heavy atom. The zero-order valence-corrected chi connectivity index (χ0v) is 9.94. The third kappa shape index (κ3) is 3.36. The van der Waals surface area contributed by atoms with Gasteiger partial charge >= 0.3 is 12.1 Å². The average Bonchev–Trinajstić information content (AvgIpc) is 2.77. The first-order chi connectivity index (χ1) is 8.86. The van der Waals surface area contributed by atoms with E-state index in [0.717, 1.165) is 12.3 Å². The van der Waals surface area contributed by atoms with Crippen molar-refractivity contribution in [3.63, 3.8) is 0 Å². The Morgan fingerprint density at radius 2 is 2.11 bits per heavy atom. The summed E-state index contributed by atoms with van der Waals surface area (Å²) >= 11 is 0. The first kappa shape index (κ1) is 13.6. The van der Waals surface area contributed by atoms with E-state index >= 15 is 0 Å². The van der Waals surface area contributed by atoms with E-state index in [2.05, 4.69) is 10.3 Å². The maximum Gasteiger partial charge on any atom is 0.417 e. The number of hydrogen-bond acceptors (Lipinski definition) is 3. The lowest BCUT2D eigenvalue weighted by molar-refractivity contribution is -0.141. The molecular formula is C12H13F3N2O2. The molecule has 0 saturated heterocycles. The largest absolute Gasteiger partial charge is 0.481 e. The third-order valence-corrected chi connectivity index (χ3v) is 3.22. The SMILES string of the molecule is O=C(O)[C@@H]1CC[C@H](Nc2ccc(C(F)(F)F)cn2)C1. The molecule has 0 aliphatic heterocycles. The molecule has 1 heterocycles. The Bertz CT molecular complexity index is 459. The number of nitrogens with zero attached hydrogens (tertiary/aromatic N) is 1. The van der Waals surface area contributed by atoms with Gasteiger partial charge in [0, 0.05) is 12.2 Å². The molecule has 1 aromatic heterocycles. The minimum Gasteiger partial charge on any atom is -0.481 e. The van der Waals surface area contributed by atoms with Gasteiger partial charge in [-0.1, -0.05) is 0 Å². The van der Waals surface area contributed by atoms with Gasteiger partial charge in [-0.2, -0.15) is 13.2 Å². The van der Waals surface area contributed by atoms with Crippen LogP contribution in [0.3, 0.4) is 0 Å². The van der Waals surface area contributed by atoms with Gasteiger partial charge in [-0.25, -0.2) is 4.98 Å².